The summed E-state index contributed by atoms with van der Waals surface area (Å²) in [5.74, 6) is -0.922. The summed E-state index contributed by atoms with van der Waals surface area (Å²) in [5.41, 5.74) is 0. The molecule has 0 aliphatic rings. The van der Waals surface area contributed by atoms with Crippen molar-refractivity contribution in [2.45, 2.75) is 212 Å². The molecule has 10 nitrogen and oxygen atoms in total. The molecule has 0 bridgehead atoms. The van der Waals surface area contributed by atoms with Crippen molar-refractivity contribution in [2.24, 2.45) is 0 Å². The van der Waals surface area contributed by atoms with E-state index in [-0.39, 0.29) is 19.4 Å². The average molecular weight is 763 g/mol. The van der Waals surface area contributed by atoms with E-state index >= 15 is 0 Å². The molecule has 3 N–H and O–H groups in total. The molecule has 0 aliphatic carbocycles. The van der Waals surface area contributed by atoms with E-state index < -0.39 is 51.8 Å². The van der Waals surface area contributed by atoms with Crippen LogP contribution in [-0.2, 0) is 32.7 Å². The molecule has 0 saturated carbocycles. The molecule has 0 aromatic rings. The molecule has 0 rings (SSSR count). The number of esters is 2. The highest BCUT2D eigenvalue weighted by Crippen LogP contribution is 2.43. The second kappa shape index (κ2) is 38.0. The zero-order valence-corrected chi connectivity index (χ0v) is 34.2. The number of ether oxygens (including phenoxy) is 2. The summed E-state index contributed by atoms with van der Waals surface area (Å²) in [7, 11) is -4.61. The molecular formula is C41H79O10P. The number of aliphatic hydroxyl groups excluding tert-OH is 2. The van der Waals surface area contributed by atoms with E-state index in [2.05, 4.69) is 30.5 Å². The lowest BCUT2D eigenvalue weighted by Gasteiger charge is -2.20. The summed E-state index contributed by atoms with van der Waals surface area (Å²) in [6, 6.07) is 0. The molecule has 1 unspecified atom stereocenters. The summed E-state index contributed by atoms with van der Waals surface area (Å²) in [5, 5.41) is 18.3. The van der Waals surface area contributed by atoms with Crippen molar-refractivity contribution in [1.29, 1.82) is 0 Å². The Balaban J connectivity index is 4.28. The predicted molar refractivity (Wildman–Crippen MR) is 210 cm³/mol. The number of allylic oxidation sites excluding steroid dienone is 2. The van der Waals surface area contributed by atoms with Gasteiger partial charge in [-0.1, -0.05) is 161 Å². The van der Waals surface area contributed by atoms with Crippen LogP contribution in [0.5, 0.6) is 0 Å². The molecule has 0 aromatic heterocycles. The summed E-state index contributed by atoms with van der Waals surface area (Å²) < 4.78 is 32.7. The SMILES string of the molecule is CCCCCCCC/C=C\CCCCCCCCCC(=O)O[C@H](COC(=O)CCCCCCCCCCCCCC)COP(=O)(O)OC[C@@H](O)CO. The van der Waals surface area contributed by atoms with E-state index in [0.29, 0.717) is 12.8 Å². The normalized spacial score (nSPS) is 14.0. The van der Waals surface area contributed by atoms with Crippen LogP contribution in [0, 0.1) is 0 Å². The van der Waals surface area contributed by atoms with Gasteiger partial charge in [-0.3, -0.25) is 18.6 Å². The Hall–Kier alpha value is -1.29. The van der Waals surface area contributed by atoms with E-state index in [1.54, 1.807) is 0 Å². The van der Waals surface area contributed by atoms with Gasteiger partial charge < -0.3 is 24.6 Å². The van der Waals surface area contributed by atoms with Gasteiger partial charge in [-0.2, -0.15) is 0 Å². The first kappa shape index (κ1) is 50.7. The average Bonchev–Trinajstić information content (AvgIpc) is 3.13. The quantitative estimate of drug-likeness (QED) is 0.0238. The number of phosphoric acid groups is 1. The van der Waals surface area contributed by atoms with Crippen molar-refractivity contribution in [3.63, 3.8) is 0 Å². The Morgan fingerprint density at radius 1 is 0.558 bits per heavy atom. The van der Waals surface area contributed by atoms with Crippen molar-refractivity contribution < 1.29 is 47.8 Å². The first-order chi connectivity index (χ1) is 25.2. The highest BCUT2D eigenvalue weighted by atomic mass is 31.2. The van der Waals surface area contributed by atoms with Crippen LogP contribution in [0.15, 0.2) is 12.2 Å². The van der Waals surface area contributed by atoms with Crippen LogP contribution in [0.3, 0.4) is 0 Å². The second-order valence-electron chi connectivity index (χ2n) is 14.4. The van der Waals surface area contributed by atoms with Gasteiger partial charge in [-0.15, -0.1) is 0 Å². The van der Waals surface area contributed by atoms with E-state index in [9.17, 15) is 24.2 Å². The number of aliphatic hydroxyl groups is 2. The number of rotatable bonds is 40. The van der Waals surface area contributed by atoms with Crippen LogP contribution >= 0.6 is 7.82 Å². The Labute approximate surface area is 317 Å². The third-order valence-electron chi connectivity index (χ3n) is 9.17. The lowest BCUT2D eigenvalue weighted by molar-refractivity contribution is -0.161. The van der Waals surface area contributed by atoms with Crippen LogP contribution in [0.4, 0.5) is 0 Å². The summed E-state index contributed by atoms with van der Waals surface area (Å²) >= 11 is 0. The van der Waals surface area contributed by atoms with Gasteiger partial charge in [0.15, 0.2) is 6.10 Å². The molecule has 0 radical (unpaired) electrons. The third-order valence-corrected chi connectivity index (χ3v) is 10.1. The Morgan fingerprint density at radius 3 is 1.38 bits per heavy atom. The zero-order valence-electron chi connectivity index (χ0n) is 33.3. The molecule has 11 heteroatoms. The monoisotopic (exact) mass is 763 g/mol. The van der Waals surface area contributed by atoms with Crippen LogP contribution in [0.2, 0.25) is 0 Å². The Morgan fingerprint density at radius 2 is 0.942 bits per heavy atom. The lowest BCUT2D eigenvalue weighted by Crippen LogP contribution is -2.29. The fourth-order valence-corrected chi connectivity index (χ4v) is 6.66. The van der Waals surface area contributed by atoms with Gasteiger partial charge >= 0.3 is 19.8 Å². The first-order valence-corrected chi connectivity index (χ1v) is 22.6. The standard InChI is InChI=1S/C41H79O10P/c1-3-5-7-9-11-13-15-17-18-19-20-21-23-25-27-29-31-33-41(45)51-39(37-50-52(46,47)49-35-38(43)34-42)36-48-40(44)32-30-28-26-24-22-16-14-12-10-8-6-4-2/h17-18,38-39,42-43H,3-16,19-37H2,1-2H3,(H,46,47)/b18-17-/t38-,39+/m0/s1. The van der Waals surface area contributed by atoms with Gasteiger partial charge in [-0.05, 0) is 38.5 Å². The van der Waals surface area contributed by atoms with Gasteiger partial charge in [0, 0.05) is 12.8 Å². The van der Waals surface area contributed by atoms with Crippen molar-refractivity contribution in [1.82, 2.24) is 0 Å². The smallest absolute Gasteiger partial charge is 0.462 e. The van der Waals surface area contributed by atoms with E-state index in [0.717, 1.165) is 44.9 Å². The maximum Gasteiger partial charge on any atom is 0.472 e. The Kier molecular flexibility index (Phi) is 37.1. The summed E-state index contributed by atoms with van der Waals surface area (Å²) in [6.07, 6.45) is 34.6. The number of unbranched alkanes of at least 4 members (excludes halogenated alkanes) is 24. The van der Waals surface area contributed by atoms with Crippen LogP contribution < -0.4 is 0 Å². The summed E-state index contributed by atoms with van der Waals surface area (Å²) in [6.45, 7) is 2.38. The molecule has 0 spiro atoms. The maximum atomic E-state index is 12.6. The minimum atomic E-state index is -4.61. The molecule has 0 amide bonds. The maximum absolute atomic E-state index is 12.6. The minimum absolute atomic E-state index is 0.183. The van der Waals surface area contributed by atoms with Crippen LogP contribution in [0.1, 0.15) is 200 Å². The number of carbonyl (C=O) groups is 2. The number of phosphoric ester groups is 1. The predicted octanol–water partition coefficient (Wildman–Crippen LogP) is 10.8. The van der Waals surface area contributed by atoms with Crippen molar-refractivity contribution in [3.8, 4) is 0 Å². The van der Waals surface area contributed by atoms with Gasteiger partial charge in [-0.25, -0.2) is 4.57 Å². The number of hydrogen-bond acceptors (Lipinski definition) is 9. The highest BCUT2D eigenvalue weighted by molar-refractivity contribution is 7.47. The third kappa shape index (κ3) is 37.0. The molecule has 0 aliphatic heterocycles. The zero-order chi connectivity index (χ0) is 38.4. The molecule has 308 valence electrons. The van der Waals surface area contributed by atoms with E-state index in [1.165, 1.54) is 116 Å². The highest BCUT2D eigenvalue weighted by Gasteiger charge is 2.27. The molecular weight excluding hydrogens is 683 g/mol. The minimum Gasteiger partial charge on any atom is -0.462 e. The van der Waals surface area contributed by atoms with Gasteiger partial charge in [0.25, 0.3) is 0 Å². The molecule has 0 saturated heterocycles. The molecule has 52 heavy (non-hydrogen) atoms. The van der Waals surface area contributed by atoms with E-state index in [1.807, 2.05) is 0 Å². The van der Waals surface area contributed by atoms with Gasteiger partial charge in [0.05, 0.1) is 19.8 Å². The Bertz CT molecular complexity index is 884. The number of carbonyl (C=O) groups excluding carboxylic acids is 2. The van der Waals surface area contributed by atoms with Crippen molar-refractivity contribution in [2.75, 3.05) is 26.4 Å². The fourth-order valence-electron chi connectivity index (χ4n) is 5.87. The van der Waals surface area contributed by atoms with E-state index in [4.69, 9.17) is 19.1 Å². The molecule has 0 heterocycles. The fraction of sp³-hybridized carbons (Fsp3) is 0.902. The first-order valence-electron chi connectivity index (χ1n) is 21.1. The van der Waals surface area contributed by atoms with Gasteiger partial charge in [0.2, 0.25) is 0 Å². The van der Waals surface area contributed by atoms with Crippen molar-refractivity contribution >= 4 is 19.8 Å². The van der Waals surface area contributed by atoms with Gasteiger partial charge in [0.1, 0.15) is 12.7 Å². The topological polar surface area (TPSA) is 149 Å². The molecule has 3 atom stereocenters. The summed E-state index contributed by atoms with van der Waals surface area (Å²) in [4.78, 5) is 34.9. The molecule has 0 aromatic carbocycles. The van der Waals surface area contributed by atoms with Crippen LogP contribution in [0.25, 0.3) is 0 Å². The van der Waals surface area contributed by atoms with Crippen molar-refractivity contribution in [3.05, 3.63) is 12.2 Å². The van der Waals surface area contributed by atoms with Crippen LogP contribution in [-0.4, -0.2) is 65.7 Å². The number of hydrogen-bond donors (Lipinski definition) is 3. The largest absolute Gasteiger partial charge is 0.472 e. The molecule has 0 fully saturated rings. The second-order valence-corrected chi connectivity index (χ2v) is 15.8. The lowest BCUT2D eigenvalue weighted by atomic mass is 10.0.